The molecule has 1 heterocycles. The Labute approximate surface area is 180 Å². The molecular formula is C23H25FN4O3. The van der Waals surface area contributed by atoms with Crippen molar-refractivity contribution < 1.29 is 18.7 Å². The van der Waals surface area contributed by atoms with E-state index in [1.807, 2.05) is 13.8 Å². The van der Waals surface area contributed by atoms with E-state index in [0.717, 1.165) is 5.69 Å². The van der Waals surface area contributed by atoms with Gasteiger partial charge < -0.3 is 15.4 Å². The van der Waals surface area contributed by atoms with E-state index in [1.54, 1.807) is 48.2 Å². The van der Waals surface area contributed by atoms with Crippen LogP contribution in [0.3, 0.4) is 0 Å². The van der Waals surface area contributed by atoms with Gasteiger partial charge in [-0.3, -0.25) is 9.59 Å². The van der Waals surface area contributed by atoms with Crippen molar-refractivity contribution in [2.45, 2.75) is 19.8 Å². The topological polar surface area (TPSA) is 85.2 Å². The molecule has 31 heavy (non-hydrogen) atoms. The van der Waals surface area contributed by atoms with Gasteiger partial charge >= 0.3 is 0 Å². The van der Waals surface area contributed by atoms with E-state index in [1.165, 1.54) is 18.3 Å². The Morgan fingerprint density at radius 1 is 1.00 bits per heavy atom. The van der Waals surface area contributed by atoms with Crippen LogP contribution in [0.15, 0.2) is 54.7 Å². The average molecular weight is 424 g/mol. The maximum absolute atomic E-state index is 13.2. The number of methoxy groups -OCH3 is 1. The summed E-state index contributed by atoms with van der Waals surface area (Å²) in [4.78, 5) is 24.9. The number of carbonyl (C=O) groups excluding carboxylic acids is 2. The summed E-state index contributed by atoms with van der Waals surface area (Å²) in [7, 11) is 1.56. The van der Waals surface area contributed by atoms with Crippen LogP contribution in [0, 0.1) is 5.82 Å². The second kappa shape index (κ2) is 9.88. The van der Waals surface area contributed by atoms with Gasteiger partial charge in [-0.25, -0.2) is 9.07 Å². The molecule has 0 unspecified atom stereocenters. The molecule has 3 aromatic rings. The van der Waals surface area contributed by atoms with Crippen molar-refractivity contribution in [3.63, 3.8) is 0 Å². The van der Waals surface area contributed by atoms with Crippen LogP contribution in [0.1, 0.15) is 46.2 Å². The maximum atomic E-state index is 13.2. The highest BCUT2D eigenvalue weighted by atomic mass is 19.1. The third-order valence-electron chi connectivity index (χ3n) is 4.72. The molecule has 7 nitrogen and oxygen atoms in total. The molecule has 2 amide bonds. The predicted molar refractivity (Wildman–Crippen MR) is 115 cm³/mol. The summed E-state index contributed by atoms with van der Waals surface area (Å²) in [6, 6.07) is 12.7. The number of rotatable bonds is 8. The molecule has 3 rings (SSSR count). The van der Waals surface area contributed by atoms with E-state index in [0.29, 0.717) is 22.6 Å². The van der Waals surface area contributed by atoms with Crippen LogP contribution in [0.4, 0.5) is 4.39 Å². The smallest absolute Gasteiger partial charge is 0.254 e. The van der Waals surface area contributed by atoms with Crippen molar-refractivity contribution in [1.29, 1.82) is 0 Å². The van der Waals surface area contributed by atoms with Crippen molar-refractivity contribution in [2.24, 2.45) is 0 Å². The fourth-order valence-corrected chi connectivity index (χ4v) is 3.17. The van der Waals surface area contributed by atoms with Crippen molar-refractivity contribution in [1.82, 2.24) is 20.4 Å². The molecule has 0 saturated heterocycles. The molecular weight excluding hydrogens is 399 g/mol. The first-order valence-electron chi connectivity index (χ1n) is 9.95. The zero-order valence-electron chi connectivity index (χ0n) is 17.7. The molecule has 0 aliphatic carbocycles. The zero-order chi connectivity index (χ0) is 22.4. The predicted octanol–water partition coefficient (Wildman–Crippen LogP) is 3.30. The normalized spacial score (nSPS) is 10.7. The Balaban J connectivity index is 1.60. The molecule has 0 saturated carbocycles. The maximum Gasteiger partial charge on any atom is 0.254 e. The van der Waals surface area contributed by atoms with E-state index >= 15 is 0 Å². The Bertz CT molecular complexity index is 1040. The van der Waals surface area contributed by atoms with Gasteiger partial charge in [-0.2, -0.15) is 5.10 Å². The fourth-order valence-electron chi connectivity index (χ4n) is 3.17. The minimum atomic E-state index is -0.336. The molecule has 0 atom stereocenters. The summed E-state index contributed by atoms with van der Waals surface area (Å²) in [6.07, 6.45) is 1.50. The van der Waals surface area contributed by atoms with Crippen LogP contribution < -0.4 is 15.4 Å². The number of benzene rings is 2. The van der Waals surface area contributed by atoms with Gasteiger partial charge in [-0.1, -0.05) is 13.8 Å². The number of hydrogen-bond donors (Lipinski definition) is 2. The van der Waals surface area contributed by atoms with Crippen molar-refractivity contribution in [3.8, 4) is 11.4 Å². The van der Waals surface area contributed by atoms with Gasteiger partial charge in [-0.15, -0.1) is 0 Å². The monoisotopic (exact) mass is 424 g/mol. The number of amides is 2. The molecule has 162 valence electrons. The van der Waals surface area contributed by atoms with Gasteiger partial charge in [0.15, 0.2) is 0 Å². The molecule has 0 radical (unpaired) electrons. The second-order valence-electron chi connectivity index (χ2n) is 7.23. The molecule has 0 aliphatic rings. The van der Waals surface area contributed by atoms with Crippen molar-refractivity contribution in [3.05, 3.63) is 77.4 Å². The highest BCUT2D eigenvalue weighted by molar-refractivity contribution is 5.96. The molecule has 0 fully saturated rings. The Hall–Kier alpha value is -3.68. The van der Waals surface area contributed by atoms with Gasteiger partial charge in [0, 0.05) is 18.7 Å². The fraction of sp³-hybridized carbons (Fsp3) is 0.261. The number of carbonyl (C=O) groups is 2. The summed E-state index contributed by atoms with van der Waals surface area (Å²) in [6.45, 7) is 4.46. The number of nitrogens with zero attached hydrogens (tertiary/aromatic N) is 2. The van der Waals surface area contributed by atoms with Crippen molar-refractivity contribution in [2.75, 3.05) is 20.2 Å². The molecule has 1 aromatic heterocycles. The Morgan fingerprint density at radius 2 is 1.61 bits per heavy atom. The first-order valence-corrected chi connectivity index (χ1v) is 9.95. The Morgan fingerprint density at radius 3 is 2.19 bits per heavy atom. The SMILES string of the molecule is COc1ccc(C(=O)NCCNC(=O)c2cnn(-c3ccc(F)cc3)c2C(C)C)cc1. The van der Waals surface area contributed by atoms with E-state index in [-0.39, 0.29) is 36.6 Å². The van der Waals surface area contributed by atoms with Gasteiger partial charge in [0.05, 0.1) is 30.3 Å². The summed E-state index contributed by atoms with van der Waals surface area (Å²) in [5.41, 5.74) is 2.36. The summed E-state index contributed by atoms with van der Waals surface area (Å²) >= 11 is 0. The van der Waals surface area contributed by atoms with E-state index in [2.05, 4.69) is 15.7 Å². The van der Waals surface area contributed by atoms with Gasteiger partial charge in [-0.05, 0) is 54.4 Å². The highest BCUT2D eigenvalue weighted by Gasteiger charge is 2.20. The first-order chi connectivity index (χ1) is 14.9. The van der Waals surface area contributed by atoms with Gasteiger partial charge in [0.2, 0.25) is 0 Å². The minimum Gasteiger partial charge on any atom is -0.497 e. The lowest BCUT2D eigenvalue weighted by Crippen LogP contribution is -2.35. The summed E-state index contributed by atoms with van der Waals surface area (Å²) < 4.78 is 20.0. The third-order valence-corrected chi connectivity index (χ3v) is 4.72. The van der Waals surface area contributed by atoms with Gasteiger partial charge in [0.25, 0.3) is 11.8 Å². The first kappa shape index (κ1) is 22.0. The lowest BCUT2D eigenvalue weighted by atomic mass is 10.1. The second-order valence-corrected chi connectivity index (χ2v) is 7.23. The standard InChI is InChI=1S/C23H25FN4O3/c1-15(2)21-20(14-27-28(21)18-8-6-17(24)7-9-18)23(30)26-13-12-25-22(29)16-4-10-19(31-3)11-5-16/h4-11,14-15H,12-13H2,1-3H3,(H,25,29)(H,26,30). The third kappa shape index (κ3) is 5.28. The molecule has 0 aliphatic heterocycles. The molecule has 0 spiro atoms. The highest BCUT2D eigenvalue weighted by Crippen LogP contribution is 2.23. The number of aromatic nitrogens is 2. The van der Waals surface area contributed by atoms with Crippen LogP contribution in [0.25, 0.3) is 5.69 Å². The molecule has 0 bridgehead atoms. The van der Waals surface area contributed by atoms with Gasteiger partial charge in [0.1, 0.15) is 11.6 Å². The zero-order valence-corrected chi connectivity index (χ0v) is 17.7. The molecule has 2 aromatic carbocycles. The molecule has 2 N–H and O–H groups in total. The quantitative estimate of drug-likeness (QED) is 0.544. The number of nitrogens with one attached hydrogen (secondary N) is 2. The molecule has 8 heteroatoms. The minimum absolute atomic E-state index is 0.0167. The number of ether oxygens (including phenoxy) is 1. The van der Waals surface area contributed by atoms with Crippen LogP contribution in [0.5, 0.6) is 5.75 Å². The number of halogens is 1. The number of hydrogen-bond acceptors (Lipinski definition) is 4. The van der Waals surface area contributed by atoms with Crippen LogP contribution in [0.2, 0.25) is 0 Å². The Kier molecular flexibility index (Phi) is 7.02. The van der Waals surface area contributed by atoms with Crippen LogP contribution in [-0.4, -0.2) is 41.8 Å². The van der Waals surface area contributed by atoms with Crippen LogP contribution in [-0.2, 0) is 0 Å². The lowest BCUT2D eigenvalue weighted by Gasteiger charge is -2.13. The van der Waals surface area contributed by atoms with E-state index in [9.17, 15) is 14.0 Å². The lowest BCUT2D eigenvalue weighted by molar-refractivity contribution is 0.0927. The van der Waals surface area contributed by atoms with E-state index < -0.39 is 0 Å². The summed E-state index contributed by atoms with van der Waals surface area (Å²) in [5.74, 6) is -0.162. The van der Waals surface area contributed by atoms with E-state index in [4.69, 9.17) is 4.74 Å². The average Bonchev–Trinajstić information content (AvgIpc) is 3.22. The largest absolute Gasteiger partial charge is 0.497 e. The summed E-state index contributed by atoms with van der Waals surface area (Å²) in [5, 5.41) is 9.89. The van der Waals surface area contributed by atoms with Crippen molar-refractivity contribution >= 4 is 11.8 Å². The van der Waals surface area contributed by atoms with Crippen LogP contribution >= 0.6 is 0 Å².